The molecule has 1 amide bonds. The summed E-state index contributed by atoms with van der Waals surface area (Å²) in [5.74, 6) is -0.0622. The molecule has 0 fully saturated rings. The fraction of sp³-hybridized carbons (Fsp3) is 0.0800. The van der Waals surface area contributed by atoms with E-state index in [-0.39, 0.29) is 5.91 Å². The highest BCUT2D eigenvalue weighted by atomic mass is 19.1. The van der Waals surface area contributed by atoms with Gasteiger partial charge in [-0.1, -0.05) is 18.7 Å². The van der Waals surface area contributed by atoms with Crippen molar-refractivity contribution < 1.29 is 13.9 Å². The van der Waals surface area contributed by atoms with Crippen molar-refractivity contribution in [3.05, 3.63) is 91.0 Å². The molecular weight excluding hydrogens is 449 g/mol. The van der Waals surface area contributed by atoms with E-state index in [0.717, 1.165) is 16.8 Å². The van der Waals surface area contributed by atoms with E-state index in [1.165, 1.54) is 18.3 Å². The summed E-state index contributed by atoms with van der Waals surface area (Å²) in [4.78, 5) is 27.6. The number of anilines is 1. The lowest BCUT2D eigenvalue weighted by atomic mass is 10.1. The third-order valence-corrected chi connectivity index (χ3v) is 5.20. The molecule has 0 spiro atoms. The summed E-state index contributed by atoms with van der Waals surface area (Å²) in [5, 5.41) is 7.24. The van der Waals surface area contributed by atoms with Gasteiger partial charge in [0.05, 0.1) is 24.1 Å². The van der Waals surface area contributed by atoms with Gasteiger partial charge >= 0.3 is 0 Å². The smallest absolute Gasteiger partial charge is 0.247 e. The highest BCUT2D eigenvalue weighted by Crippen LogP contribution is 2.31. The summed E-state index contributed by atoms with van der Waals surface area (Å²) < 4.78 is 21.1. The molecule has 4 aromatic heterocycles. The van der Waals surface area contributed by atoms with Gasteiger partial charge < -0.3 is 15.0 Å². The van der Waals surface area contributed by atoms with Gasteiger partial charge in [0.25, 0.3) is 0 Å². The van der Waals surface area contributed by atoms with Crippen molar-refractivity contribution in [2.24, 2.45) is 0 Å². The predicted octanol–water partition coefficient (Wildman–Crippen LogP) is 4.63. The van der Waals surface area contributed by atoms with Crippen LogP contribution < -0.4 is 10.1 Å². The number of nitrogens with zero attached hydrogens (tertiary/aromatic N) is 5. The molecule has 1 aromatic carbocycles. The number of hydrogen-bond acceptors (Lipinski definition) is 6. The minimum Gasteiger partial charge on any atom is -0.437 e. The third-order valence-electron chi connectivity index (χ3n) is 5.20. The molecule has 0 atom stereocenters. The first-order valence-corrected chi connectivity index (χ1v) is 10.7. The third kappa shape index (κ3) is 4.76. The van der Waals surface area contributed by atoms with Crippen LogP contribution in [-0.2, 0) is 11.3 Å². The number of halogens is 1. The highest BCUT2D eigenvalue weighted by molar-refractivity contribution is 5.99. The first-order chi connectivity index (χ1) is 17.0. The average Bonchev–Trinajstić information content (AvgIpc) is 3.41. The van der Waals surface area contributed by atoms with Gasteiger partial charge in [0.1, 0.15) is 11.3 Å². The van der Waals surface area contributed by atoms with E-state index in [2.05, 4.69) is 36.9 Å². The number of rotatable bonds is 7. The van der Waals surface area contributed by atoms with Crippen LogP contribution in [0.2, 0.25) is 0 Å². The van der Waals surface area contributed by atoms with E-state index in [1.54, 1.807) is 41.1 Å². The van der Waals surface area contributed by atoms with Gasteiger partial charge in [-0.2, -0.15) is 9.49 Å². The quantitative estimate of drug-likeness (QED) is 0.266. The fourth-order valence-electron chi connectivity index (χ4n) is 3.65. The van der Waals surface area contributed by atoms with E-state index in [1.807, 2.05) is 19.3 Å². The number of fused-ring (bicyclic) bond motifs is 1. The molecule has 0 bridgehead atoms. The standard InChI is InChI=1S/C25H20FN7O2/c1-3-22(34)30-16-6-4-8-18(10-16)35-23-12-28-25-24(31-23)19(11-27-25)20-14-33(32-15(20)2)13-17-7-5-9-21(26)29-17/h3-12,14H,1,13H2,2H3,(H,27,28)(H,30,34). The Labute approximate surface area is 199 Å². The Morgan fingerprint density at radius 2 is 2.09 bits per heavy atom. The second-order valence-corrected chi connectivity index (χ2v) is 7.71. The molecule has 0 unspecified atom stereocenters. The number of amides is 1. The number of carbonyl (C=O) groups excluding carboxylic acids is 1. The second kappa shape index (κ2) is 9.18. The van der Waals surface area contributed by atoms with E-state index < -0.39 is 5.95 Å². The van der Waals surface area contributed by atoms with Gasteiger partial charge in [-0.05, 0) is 37.3 Å². The molecule has 10 heteroatoms. The first kappa shape index (κ1) is 22.0. The maximum Gasteiger partial charge on any atom is 0.247 e. The molecule has 0 radical (unpaired) electrons. The van der Waals surface area contributed by atoms with Gasteiger partial charge in [0, 0.05) is 35.3 Å². The summed E-state index contributed by atoms with van der Waals surface area (Å²) in [6.07, 6.45) is 6.39. The molecular formula is C25H20FN7O2. The van der Waals surface area contributed by atoms with Crippen molar-refractivity contribution in [3.8, 4) is 22.8 Å². The van der Waals surface area contributed by atoms with Gasteiger partial charge in [-0.15, -0.1) is 0 Å². The van der Waals surface area contributed by atoms with Crippen LogP contribution in [0.1, 0.15) is 11.4 Å². The number of carbonyl (C=O) groups is 1. The van der Waals surface area contributed by atoms with Crippen molar-refractivity contribution >= 4 is 22.8 Å². The summed E-state index contributed by atoms with van der Waals surface area (Å²) in [6.45, 7) is 5.67. The van der Waals surface area contributed by atoms with Gasteiger partial charge in [-0.3, -0.25) is 9.48 Å². The molecule has 35 heavy (non-hydrogen) atoms. The normalized spacial score (nSPS) is 10.9. The van der Waals surface area contributed by atoms with Crippen LogP contribution in [0.3, 0.4) is 0 Å². The molecule has 0 aliphatic heterocycles. The van der Waals surface area contributed by atoms with Gasteiger partial charge in [-0.25, -0.2) is 15.0 Å². The number of aromatic amines is 1. The zero-order valence-corrected chi connectivity index (χ0v) is 18.7. The van der Waals surface area contributed by atoms with Gasteiger partial charge in [0.15, 0.2) is 5.65 Å². The number of H-pyrrole nitrogens is 1. The summed E-state index contributed by atoms with van der Waals surface area (Å²) in [5.41, 5.74) is 4.79. The lowest BCUT2D eigenvalue weighted by molar-refractivity contribution is -0.111. The lowest BCUT2D eigenvalue weighted by Gasteiger charge is -2.07. The topological polar surface area (TPSA) is 111 Å². The molecule has 0 saturated heterocycles. The number of aryl methyl sites for hydroxylation is 1. The van der Waals surface area contributed by atoms with Gasteiger partial charge in [0.2, 0.25) is 17.7 Å². The van der Waals surface area contributed by atoms with Crippen LogP contribution in [0, 0.1) is 12.9 Å². The van der Waals surface area contributed by atoms with Crippen molar-refractivity contribution in [2.75, 3.05) is 5.32 Å². The SMILES string of the molecule is C=CC(=O)Nc1cccc(Oc2cnc3[nH]cc(-c4cn(Cc5cccc(F)n5)nc4C)c3n2)c1. The van der Waals surface area contributed by atoms with E-state index in [9.17, 15) is 9.18 Å². The second-order valence-electron chi connectivity index (χ2n) is 7.71. The summed E-state index contributed by atoms with van der Waals surface area (Å²) >= 11 is 0. The Hall–Kier alpha value is -4.86. The molecule has 9 nitrogen and oxygen atoms in total. The van der Waals surface area contributed by atoms with Crippen molar-refractivity contribution in [3.63, 3.8) is 0 Å². The van der Waals surface area contributed by atoms with Crippen molar-refractivity contribution in [1.82, 2.24) is 29.7 Å². The molecule has 5 aromatic rings. The van der Waals surface area contributed by atoms with Crippen LogP contribution in [0.4, 0.5) is 10.1 Å². The molecule has 5 rings (SSSR count). The molecule has 174 valence electrons. The van der Waals surface area contributed by atoms with E-state index in [0.29, 0.717) is 40.7 Å². The lowest BCUT2D eigenvalue weighted by Crippen LogP contribution is -2.07. The molecule has 0 aliphatic rings. The Morgan fingerprint density at radius 3 is 2.91 bits per heavy atom. The zero-order valence-electron chi connectivity index (χ0n) is 18.7. The number of nitrogens with one attached hydrogen (secondary N) is 2. The monoisotopic (exact) mass is 469 g/mol. The Morgan fingerprint density at radius 1 is 1.23 bits per heavy atom. The highest BCUT2D eigenvalue weighted by Gasteiger charge is 2.16. The molecule has 4 heterocycles. The Bertz CT molecular complexity index is 1560. The predicted molar refractivity (Wildman–Crippen MR) is 128 cm³/mol. The summed E-state index contributed by atoms with van der Waals surface area (Å²) in [7, 11) is 0. The molecule has 2 N–H and O–H groups in total. The van der Waals surface area contributed by atoms with E-state index >= 15 is 0 Å². The maximum atomic E-state index is 13.4. The van der Waals surface area contributed by atoms with Crippen LogP contribution in [0.5, 0.6) is 11.6 Å². The Balaban J connectivity index is 1.42. The van der Waals surface area contributed by atoms with Crippen molar-refractivity contribution in [1.29, 1.82) is 0 Å². The minimum atomic E-state index is -0.528. The Kier molecular flexibility index (Phi) is 5.76. The summed E-state index contributed by atoms with van der Waals surface area (Å²) in [6, 6.07) is 11.6. The number of aromatic nitrogens is 6. The minimum absolute atomic E-state index is 0.291. The number of benzene rings is 1. The first-order valence-electron chi connectivity index (χ1n) is 10.7. The average molecular weight is 469 g/mol. The number of hydrogen-bond donors (Lipinski definition) is 2. The van der Waals surface area contributed by atoms with Crippen LogP contribution in [0.15, 0.2) is 73.7 Å². The maximum absolute atomic E-state index is 13.4. The van der Waals surface area contributed by atoms with Crippen molar-refractivity contribution in [2.45, 2.75) is 13.5 Å². The zero-order chi connectivity index (χ0) is 24.4. The number of pyridine rings is 1. The largest absolute Gasteiger partial charge is 0.437 e. The van der Waals surface area contributed by atoms with Crippen LogP contribution >= 0.6 is 0 Å². The molecule has 0 saturated carbocycles. The van der Waals surface area contributed by atoms with Crippen LogP contribution in [0.25, 0.3) is 22.3 Å². The number of ether oxygens (including phenoxy) is 1. The van der Waals surface area contributed by atoms with E-state index in [4.69, 9.17) is 4.74 Å². The van der Waals surface area contributed by atoms with Crippen LogP contribution in [-0.4, -0.2) is 35.6 Å². The fourth-order valence-corrected chi connectivity index (χ4v) is 3.65. The molecule has 0 aliphatic carbocycles.